The van der Waals surface area contributed by atoms with Crippen molar-refractivity contribution >= 4 is 125 Å². The van der Waals surface area contributed by atoms with Gasteiger partial charge in [-0.2, -0.15) is 0 Å². The Labute approximate surface area is 672 Å². The number of aromatic nitrogens is 8. The largest absolute Gasteiger partial charge is 0.307 e. The highest BCUT2D eigenvalue weighted by molar-refractivity contribution is 7.27. The molecule has 0 saturated carbocycles. The van der Waals surface area contributed by atoms with E-state index in [0.717, 1.165) is 61.4 Å². The van der Waals surface area contributed by atoms with E-state index in [1.165, 1.54) is 122 Å². The topological polar surface area (TPSA) is 87.2 Å². The minimum Gasteiger partial charge on any atom is -0.307 e. The van der Waals surface area contributed by atoms with Crippen LogP contribution in [0, 0.1) is 0 Å². The van der Waals surface area contributed by atoms with Gasteiger partial charge in [-0.3, -0.25) is 0 Å². The number of para-hydroxylation sites is 4. The molecule has 0 fully saturated rings. The molecule has 8 nitrogen and oxygen atoms in total. The number of thiophene rings is 2. The van der Waals surface area contributed by atoms with Gasteiger partial charge in [0, 0.05) is 85.9 Å². The minimum atomic E-state index is -1.93. The molecule has 0 amide bonds. The quantitative estimate of drug-likeness (QED) is 0.120. The summed E-state index contributed by atoms with van der Waals surface area (Å²) in [5.41, 5.74) is 22.4. The molecule has 1 aliphatic heterocycles. The number of hydrogen-bond donors (Lipinski definition) is 0. The van der Waals surface area contributed by atoms with Gasteiger partial charge in [0.25, 0.3) is 0 Å². The molecule has 540 valence electrons. The van der Waals surface area contributed by atoms with E-state index in [4.69, 9.17) is 29.9 Å². The number of nitrogens with zero attached hydrogens (tertiary/aromatic N) is 8. The van der Waals surface area contributed by atoms with Crippen molar-refractivity contribution in [1.82, 2.24) is 39.0 Å². The highest BCUT2D eigenvalue weighted by Gasteiger charge is 2.38. The summed E-state index contributed by atoms with van der Waals surface area (Å²) in [4.78, 5) is 31.4. The van der Waals surface area contributed by atoms with Crippen LogP contribution >= 0.6 is 22.7 Å². The average Bonchev–Trinajstić information content (AvgIpc) is 1.56. The fourth-order valence-electron chi connectivity index (χ4n) is 17.4. The van der Waals surface area contributed by atoms with Crippen LogP contribution in [0.4, 0.5) is 0 Å². The van der Waals surface area contributed by atoms with Crippen LogP contribution in [0.5, 0.6) is 0 Å². The Bertz CT molecular complexity index is 7600. The number of fused-ring (bicyclic) bond motifs is 17. The Morgan fingerprint density at radius 1 is 0.217 bits per heavy atom. The van der Waals surface area contributed by atoms with E-state index < -0.39 is 8.07 Å². The molecule has 16 aromatic carbocycles. The SMILES string of the molecule is C[Si]1(C)c2ccccc2-c2ccc(-c3nc(-c4ccccc4)nc(-c4ccccc4-n4c5ccccc5c5ccc6c7cccc(-c8ccccc8)c7sc6c54)n3)cc21.c1ccc(-c2ccc(-c3nc(-c4ccccc4)nc(-c4ccccc4-n4c5ccccc5c5ccc6c7ccc(-c8ccccc8)cc7sc6c54)n3)cc2)cc1. The van der Waals surface area contributed by atoms with E-state index in [9.17, 15) is 0 Å². The zero-order chi connectivity index (χ0) is 76.2. The molecular weight excluding hydrogens is 1450 g/mol. The van der Waals surface area contributed by atoms with Crippen molar-refractivity contribution in [3.8, 4) is 124 Å². The van der Waals surface area contributed by atoms with Gasteiger partial charge in [0.1, 0.15) is 8.07 Å². The average molecular weight is 1520 g/mol. The fourth-order valence-corrected chi connectivity index (χ4v) is 23.2. The predicted molar refractivity (Wildman–Crippen MR) is 485 cm³/mol. The Morgan fingerprint density at radius 2 is 0.574 bits per heavy atom. The summed E-state index contributed by atoms with van der Waals surface area (Å²) in [6.45, 7) is 4.90. The van der Waals surface area contributed by atoms with Crippen LogP contribution in [0.1, 0.15) is 0 Å². The van der Waals surface area contributed by atoms with Gasteiger partial charge in [-0.1, -0.05) is 347 Å². The maximum atomic E-state index is 5.38. The van der Waals surface area contributed by atoms with Gasteiger partial charge in [0.15, 0.2) is 34.9 Å². The molecule has 0 bridgehead atoms. The van der Waals surface area contributed by atoms with E-state index in [1.54, 1.807) is 0 Å². The molecule has 115 heavy (non-hydrogen) atoms. The highest BCUT2D eigenvalue weighted by atomic mass is 32.1. The molecule has 11 heteroatoms. The van der Waals surface area contributed by atoms with Gasteiger partial charge in [-0.05, 0) is 97.3 Å². The first-order valence-electron chi connectivity index (χ1n) is 38.9. The van der Waals surface area contributed by atoms with Gasteiger partial charge in [0.2, 0.25) is 0 Å². The summed E-state index contributed by atoms with van der Waals surface area (Å²) in [5, 5.41) is 12.8. The van der Waals surface area contributed by atoms with E-state index in [1.807, 2.05) is 65.1 Å². The smallest absolute Gasteiger partial charge is 0.166 e. The lowest BCUT2D eigenvalue weighted by molar-refractivity contribution is 1.06. The summed E-state index contributed by atoms with van der Waals surface area (Å²) in [6, 6.07) is 134. The molecule has 7 heterocycles. The number of benzene rings is 16. The van der Waals surface area contributed by atoms with Crippen molar-refractivity contribution in [3.05, 3.63) is 376 Å². The summed E-state index contributed by atoms with van der Waals surface area (Å²) < 4.78 is 9.96. The van der Waals surface area contributed by atoms with Crippen LogP contribution in [0.25, 0.3) is 208 Å². The fraction of sp³-hybridized carbons (Fsp3) is 0.0192. The van der Waals surface area contributed by atoms with Gasteiger partial charge in [-0.15, -0.1) is 22.7 Å². The Morgan fingerprint density at radius 3 is 1.14 bits per heavy atom. The molecule has 0 aliphatic carbocycles. The van der Waals surface area contributed by atoms with E-state index in [-0.39, 0.29) is 0 Å². The molecule has 0 atom stereocenters. The van der Waals surface area contributed by atoms with E-state index >= 15 is 0 Å². The van der Waals surface area contributed by atoms with Crippen molar-refractivity contribution in [2.75, 3.05) is 0 Å². The molecule has 0 unspecified atom stereocenters. The van der Waals surface area contributed by atoms with E-state index in [0.29, 0.717) is 34.9 Å². The third kappa shape index (κ3) is 11.4. The summed E-state index contributed by atoms with van der Waals surface area (Å²) >= 11 is 3.75. The molecular formula is C104H68N8S2Si. The molecule has 0 N–H and O–H groups in total. The standard InChI is InChI=1S/C53H36N4SSi.C51H32N4S/c1-59(2)46-27-14-11-21-38(46)39-29-28-35(32-47(39)59)52-54-51(34-18-7-4-8-19-34)55-53(56-52)43-22-10-13-26-45(43)57-44-25-12-9-20-37(44)40-30-31-42-41-24-15-23-36(33-16-5-3-6-17-33)49(41)58-50(42)48(40)57;1-4-14-33(15-5-1)35-24-26-37(27-25-35)50-52-49(36-18-8-3-9-19-36)53-51(54-50)43-21-11-13-23-45(43)55-44-22-12-10-20-39(44)41-30-31-42-40-29-28-38(34-16-6-2-7-17-34)32-46(40)56-48(42)47(41)55/h3-32H,1-2H3;1-32H. The van der Waals surface area contributed by atoms with Crippen LogP contribution in [0.15, 0.2) is 376 Å². The number of rotatable bonds is 11. The second-order valence-electron chi connectivity index (χ2n) is 30.0. The van der Waals surface area contributed by atoms with Crippen LogP contribution in [0.3, 0.4) is 0 Å². The van der Waals surface area contributed by atoms with Gasteiger partial charge in [-0.25, -0.2) is 29.9 Å². The van der Waals surface area contributed by atoms with Crippen molar-refractivity contribution in [2.45, 2.75) is 13.1 Å². The lowest BCUT2D eigenvalue weighted by Gasteiger charge is -2.19. The Hall–Kier alpha value is -14.2. The second-order valence-corrected chi connectivity index (χ2v) is 36.4. The second kappa shape index (κ2) is 27.6. The van der Waals surface area contributed by atoms with Gasteiger partial charge < -0.3 is 9.13 Å². The Kier molecular flexibility index (Phi) is 16.3. The predicted octanol–water partition coefficient (Wildman–Crippen LogP) is 26.5. The lowest BCUT2D eigenvalue weighted by atomic mass is 10.0. The first-order valence-corrected chi connectivity index (χ1v) is 43.5. The normalized spacial score (nSPS) is 12.3. The zero-order valence-corrected chi connectivity index (χ0v) is 65.3. The number of hydrogen-bond acceptors (Lipinski definition) is 8. The summed E-state index contributed by atoms with van der Waals surface area (Å²) in [5.74, 6) is 3.87. The highest BCUT2D eigenvalue weighted by Crippen LogP contribution is 2.49. The first-order chi connectivity index (χ1) is 56.8. The molecule has 0 saturated heterocycles. The monoisotopic (exact) mass is 1520 g/mol. The van der Waals surface area contributed by atoms with E-state index in [2.05, 4.69) is 356 Å². The maximum absolute atomic E-state index is 5.38. The van der Waals surface area contributed by atoms with Crippen LogP contribution in [-0.2, 0) is 0 Å². The first kappa shape index (κ1) is 67.7. The Balaban J connectivity index is 0.000000140. The third-order valence-electron chi connectivity index (χ3n) is 23.0. The van der Waals surface area contributed by atoms with Crippen LogP contribution in [-0.4, -0.2) is 47.1 Å². The molecule has 22 aromatic rings. The molecule has 0 spiro atoms. The van der Waals surface area contributed by atoms with Crippen LogP contribution in [0.2, 0.25) is 13.1 Å². The lowest BCUT2D eigenvalue weighted by Crippen LogP contribution is -2.49. The summed E-state index contributed by atoms with van der Waals surface area (Å²) in [7, 11) is -1.93. The van der Waals surface area contributed by atoms with Gasteiger partial charge >= 0.3 is 0 Å². The molecule has 23 rings (SSSR count). The maximum Gasteiger partial charge on any atom is 0.166 e. The van der Waals surface area contributed by atoms with Crippen LogP contribution < -0.4 is 10.4 Å². The molecule has 6 aromatic heterocycles. The zero-order valence-electron chi connectivity index (χ0n) is 62.7. The molecule has 1 aliphatic rings. The molecule has 0 radical (unpaired) electrons. The summed E-state index contributed by atoms with van der Waals surface area (Å²) in [6.07, 6.45) is 0. The van der Waals surface area contributed by atoms with Crippen molar-refractivity contribution in [2.24, 2.45) is 0 Å². The third-order valence-corrected chi connectivity index (χ3v) is 28.9. The minimum absolute atomic E-state index is 0.624. The van der Waals surface area contributed by atoms with Crippen molar-refractivity contribution in [3.63, 3.8) is 0 Å². The van der Waals surface area contributed by atoms with Crippen molar-refractivity contribution in [1.29, 1.82) is 0 Å². The van der Waals surface area contributed by atoms with Gasteiger partial charge in [0.05, 0.1) is 42.8 Å². The van der Waals surface area contributed by atoms with Crippen molar-refractivity contribution < 1.29 is 0 Å².